The Kier molecular flexibility index (Phi) is 7.33. The number of nitrogens with one attached hydrogen (secondary N) is 1. The number of nitrogens with zero attached hydrogens (tertiary/aromatic N) is 3. The molecule has 0 aliphatic rings. The molecule has 1 aromatic carbocycles. The number of hydrogen-bond donors (Lipinski definition) is 1. The smallest absolute Gasteiger partial charge is 0.272 e. The molecular formula is C20H24N4O5. The number of carbonyl (C=O) groups excluding carboxylic acids is 1. The zero-order chi connectivity index (χ0) is 21.6. The Bertz CT molecular complexity index is 959. The lowest BCUT2D eigenvalue weighted by atomic mass is 10.2. The van der Waals surface area contributed by atoms with Gasteiger partial charge in [0.25, 0.3) is 11.6 Å². The summed E-state index contributed by atoms with van der Waals surface area (Å²) in [6.07, 6.45) is 0.734. The Hall–Kier alpha value is -3.38. The minimum Gasteiger partial charge on any atom is -0.484 e. The number of aryl methyl sites for hydroxylation is 1. The van der Waals surface area contributed by atoms with Gasteiger partial charge in [-0.2, -0.15) is 5.26 Å². The van der Waals surface area contributed by atoms with Gasteiger partial charge in [0.1, 0.15) is 17.6 Å². The number of ether oxygens (including phenoxy) is 2. The Balaban J connectivity index is 2.12. The van der Waals surface area contributed by atoms with Gasteiger partial charge in [0.15, 0.2) is 6.61 Å². The molecule has 0 unspecified atom stereocenters. The van der Waals surface area contributed by atoms with Gasteiger partial charge in [-0.3, -0.25) is 14.9 Å². The summed E-state index contributed by atoms with van der Waals surface area (Å²) in [7, 11) is 1.62. The van der Waals surface area contributed by atoms with Crippen LogP contribution in [0, 0.1) is 42.2 Å². The SMILES string of the molecule is COCCCn1c(C)c(C)c(C#N)c1NC(=O)COc1ccc([N+](=O)[O-])c(C)c1. The van der Waals surface area contributed by atoms with Crippen LogP contribution in [0.4, 0.5) is 11.5 Å². The van der Waals surface area contributed by atoms with Crippen molar-refractivity contribution < 1.29 is 19.2 Å². The van der Waals surface area contributed by atoms with Crippen LogP contribution >= 0.6 is 0 Å². The van der Waals surface area contributed by atoms with Crippen molar-refractivity contribution in [3.8, 4) is 11.8 Å². The normalized spacial score (nSPS) is 10.4. The third-order valence-electron chi connectivity index (χ3n) is 4.66. The summed E-state index contributed by atoms with van der Waals surface area (Å²) in [4.78, 5) is 22.8. The standard InChI is InChI=1S/C20H24N4O5/c1-13-10-16(6-7-18(13)24(26)27)29-12-19(25)22-20-17(11-21)14(2)15(3)23(20)8-5-9-28-4/h6-7,10H,5,8-9,12H2,1-4H3,(H,22,25). The number of methoxy groups -OCH3 is 1. The van der Waals surface area contributed by atoms with Crippen molar-refractivity contribution in [2.75, 3.05) is 25.6 Å². The second-order valence-electron chi connectivity index (χ2n) is 6.59. The average Bonchev–Trinajstić information content (AvgIpc) is 2.90. The number of amides is 1. The predicted octanol–water partition coefficient (Wildman–Crippen LogP) is 3.25. The van der Waals surface area contributed by atoms with Gasteiger partial charge in [-0.1, -0.05) is 0 Å². The number of carbonyl (C=O) groups is 1. The number of rotatable bonds is 9. The highest BCUT2D eigenvalue weighted by molar-refractivity contribution is 5.93. The minimum atomic E-state index is -0.475. The van der Waals surface area contributed by atoms with Crippen molar-refractivity contribution in [2.24, 2.45) is 0 Å². The van der Waals surface area contributed by atoms with E-state index < -0.39 is 10.8 Å². The fourth-order valence-corrected chi connectivity index (χ4v) is 3.02. The third-order valence-corrected chi connectivity index (χ3v) is 4.66. The van der Waals surface area contributed by atoms with E-state index in [9.17, 15) is 20.2 Å². The summed E-state index contributed by atoms with van der Waals surface area (Å²) in [5, 5.41) is 23.1. The molecular weight excluding hydrogens is 376 g/mol. The summed E-state index contributed by atoms with van der Waals surface area (Å²) in [5.74, 6) is 0.363. The predicted molar refractivity (Wildman–Crippen MR) is 107 cm³/mol. The minimum absolute atomic E-state index is 0.0136. The molecule has 9 nitrogen and oxygen atoms in total. The first-order valence-electron chi connectivity index (χ1n) is 9.06. The zero-order valence-corrected chi connectivity index (χ0v) is 16.9. The van der Waals surface area contributed by atoms with Crippen LogP contribution in [0.1, 0.15) is 28.8 Å². The van der Waals surface area contributed by atoms with Crippen molar-refractivity contribution in [3.63, 3.8) is 0 Å². The van der Waals surface area contributed by atoms with Gasteiger partial charge in [-0.05, 0) is 44.9 Å². The lowest BCUT2D eigenvalue weighted by Crippen LogP contribution is -2.23. The molecule has 1 N–H and O–H groups in total. The first-order chi connectivity index (χ1) is 13.8. The quantitative estimate of drug-likeness (QED) is 0.392. The van der Waals surface area contributed by atoms with Crippen LogP contribution in [-0.2, 0) is 16.1 Å². The second kappa shape index (κ2) is 9.71. The fourth-order valence-electron chi connectivity index (χ4n) is 3.02. The Labute approximate surface area is 169 Å². The largest absolute Gasteiger partial charge is 0.484 e. The van der Waals surface area contributed by atoms with Gasteiger partial charge in [-0.25, -0.2) is 0 Å². The van der Waals surface area contributed by atoms with Crippen molar-refractivity contribution in [3.05, 3.63) is 50.7 Å². The molecule has 0 saturated carbocycles. The molecule has 9 heteroatoms. The Morgan fingerprint density at radius 1 is 1.34 bits per heavy atom. The summed E-state index contributed by atoms with van der Waals surface area (Å²) >= 11 is 0. The van der Waals surface area contributed by atoms with Gasteiger partial charge >= 0.3 is 0 Å². The van der Waals surface area contributed by atoms with E-state index in [0.717, 1.165) is 17.7 Å². The van der Waals surface area contributed by atoms with E-state index in [1.54, 1.807) is 14.0 Å². The topological polar surface area (TPSA) is 119 Å². The molecule has 2 rings (SSSR count). The summed E-state index contributed by atoms with van der Waals surface area (Å²) in [6.45, 7) is 6.21. The van der Waals surface area contributed by atoms with E-state index in [2.05, 4.69) is 11.4 Å². The van der Waals surface area contributed by atoms with E-state index in [1.807, 2.05) is 18.4 Å². The fraction of sp³-hybridized carbons (Fsp3) is 0.400. The van der Waals surface area contributed by atoms with Gasteiger partial charge in [0.05, 0.1) is 10.5 Å². The van der Waals surface area contributed by atoms with Gasteiger partial charge in [-0.15, -0.1) is 0 Å². The number of aromatic nitrogens is 1. The number of anilines is 1. The third kappa shape index (κ3) is 5.12. The van der Waals surface area contributed by atoms with E-state index in [-0.39, 0.29) is 12.3 Å². The van der Waals surface area contributed by atoms with Crippen molar-refractivity contribution >= 4 is 17.4 Å². The maximum atomic E-state index is 12.4. The summed E-state index contributed by atoms with van der Waals surface area (Å²) in [6, 6.07) is 6.44. The van der Waals surface area contributed by atoms with Crippen molar-refractivity contribution in [1.82, 2.24) is 4.57 Å². The van der Waals surface area contributed by atoms with Crippen LogP contribution in [0.25, 0.3) is 0 Å². The monoisotopic (exact) mass is 400 g/mol. The van der Waals surface area contributed by atoms with Gasteiger partial charge in [0, 0.05) is 37.6 Å². The molecule has 1 heterocycles. The second-order valence-corrected chi connectivity index (χ2v) is 6.59. The number of hydrogen-bond acceptors (Lipinski definition) is 6. The Morgan fingerprint density at radius 2 is 2.07 bits per heavy atom. The highest BCUT2D eigenvalue weighted by Crippen LogP contribution is 2.27. The number of nitriles is 1. The highest BCUT2D eigenvalue weighted by Gasteiger charge is 2.20. The van der Waals surface area contributed by atoms with Gasteiger partial charge < -0.3 is 19.4 Å². The van der Waals surface area contributed by atoms with Gasteiger partial charge in [0.2, 0.25) is 0 Å². The molecule has 1 aromatic heterocycles. The first kappa shape index (κ1) is 21.9. The van der Waals surface area contributed by atoms with E-state index in [4.69, 9.17) is 9.47 Å². The lowest BCUT2D eigenvalue weighted by Gasteiger charge is -2.13. The summed E-state index contributed by atoms with van der Waals surface area (Å²) < 4.78 is 12.4. The van der Waals surface area contributed by atoms with Crippen LogP contribution in [0.3, 0.4) is 0 Å². The molecule has 0 radical (unpaired) electrons. The van der Waals surface area contributed by atoms with Crippen LogP contribution in [0.5, 0.6) is 5.75 Å². The zero-order valence-electron chi connectivity index (χ0n) is 16.9. The van der Waals surface area contributed by atoms with Crippen LogP contribution < -0.4 is 10.1 Å². The molecule has 29 heavy (non-hydrogen) atoms. The molecule has 0 atom stereocenters. The van der Waals surface area contributed by atoms with Crippen molar-refractivity contribution in [1.29, 1.82) is 5.26 Å². The lowest BCUT2D eigenvalue weighted by molar-refractivity contribution is -0.385. The maximum absolute atomic E-state index is 12.4. The molecule has 154 valence electrons. The Morgan fingerprint density at radius 3 is 2.66 bits per heavy atom. The molecule has 0 spiro atoms. The number of nitro groups is 1. The molecule has 0 aliphatic heterocycles. The highest BCUT2D eigenvalue weighted by atomic mass is 16.6. The van der Waals surface area contributed by atoms with Crippen LogP contribution in [-0.4, -0.2) is 35.7 Å². The van der Waals surface area contributed by atoms with E-state index in [1.165, 1.54) is 18.2 Å². The molecule has 0 fully saturated rings. The summed E-state index contributed by atoms with van der Waals surface area (Å²) in [5.41, 5.74) is 2.56. The van der Waals surface area contributed by atoms with Crippen LogP contribution in [0.2, 0.25) is 0 Å². The molecule has 0 saturated heterocycles. The van der Waals surface area contributed by atoms with Crippen molar-refractivity contribution in [2.45, 2.75) is 33.7 Å². The molecule has 0 aliphatic carbocycles. The molecule has 2 aromatic rings. The first-order valence-corrected chi connectivity index (χ1v) is 9.06. The molecule has 0 bridgehead atoms. The maximum Gasteiger partial charge on any atom is 0.272 e. The number of benzene rings is 1. The van der Waals surface area contributed by atoms with Crippen LogP contribution in [0.15, 0.2) is 18.2 Å². The van der Waals surface area contributed by atoms with E-state index in [0.29, 0.717) is 35.8 Å². The average molecular weight is 400 g/mol. The molecule has 1 amide bonds. The number of nitro benzene ring substituents is 1. The van der Waals surface area contributed by atoms with E-state index >= 15 is 0 Å².